The molecule has 1 saturated carbocycles. The van der Waals surface area contributed by atoms with Crippen molar-refractivity contribution in [3.63, 3.8) is 0 Å². The lowest BCUT2D eigenvalue weighted by Gasteiger charge is -2.23. The van der Waals surface area contributed by atoms with Crippen molar-refractivity contribution in [3.8, 4) is 0 Å². The second kappa shape index (κ2) is 5.53. The Kier molecular flexibility index (Phi) is 4.19. The number of rotatable bonds is 5. The normalized spacial score (nSPS) is 19.2. The monoisotopic (exact) mass is 271 g/mol. The Morgan fingerprint density at radius 3 is 2.21 bits per heavy atom. The number of nitrogens with one attached hydrogen (secondary N) is 1. The Morgan fingerprint density at radius 2 is 1.79 bits per heavy atom. The maximum absolute atomic E-state index is 12.5. The summed E-state index contributed by atoms with van der Waals surface area (Å²) in [5, 5.41) is 3.29. The van der Waals surface area contributed by atoms with E-state index in [1.807, 2.05) is 7.05 Å². The van der Waals surface area contributed by atoms with Crippen molar-refractivity contribution in [2.75, 3.05) is 7.05 Å². The van der Waals surface area contributed by atoms with E-state index in [1.165, 1.54) is 25.0 Å². The molecule has 1 aliphatic rings. The summed E-state index contributed by atoms with van der Waals surface area (Å²) in [4.78, 5) is 0. The van der Waals surface area contributed by atoms with Gasteiger partial charge in [-0.2, -0.15) is 13.2 Å². The number of hydrogen-bond donors (Lipinski definition) is 1. The molecule has 0 saturated heterocycles. The zero-order valence-corrected chi connectivity index (χ0v) is 11.3. The molecule has 1 fully saturated rings. The summed E-state index contributed by atoms with van der Waals surface area (Å²) in [6.07, 6.45) is -0.896. The average Bonchev–Trinajstić information content (AvgIpc) is 3.19. The molecule has 0 radical (unpaired) electrons. The van der Waals surface area contributed by atoms with Crippen LogP contribution in [0.5, 0.6) is 0 Å². The van der Waals surface area contributed by atoms with Gasteiger partial charge in [0.15, 0.2) is 0 Å². The number of alkyl halides is 3. The molecule has 0 amide bonds. The number of halogens is 3. The molecule has 106 valence electrons. The van der Waals surface area contributed by atoms with Crippen molar-refractivity contribution in [1.82, 2.24) is 5.32 Å². The van der Waals surface area contributed by atoms with Gasteiger partial charge in [0.05, 0.1) is 5.56 Å². The number of benzene rings is 1. The van der Waals surface area contributed by atoms with Crippen LogP contribution in [0.3, 0.4) is 0 Å². The van der Waals surface area contributed by atoms with Crippen molar-refractivity contribution >= 4 is 0 Å². The van der Waals surface area contributed by atoms with Gasteiger partial charge in [0.1, 0.15) is 0 Å². The van der Waals surface area contributed by atoms with Crippen LogP contribution < -0.4 is 5.32 Å². The first-order valence-corrected chi connectivity index (χ1v) is 6.75. The van der Waals surface area contributed by atoms with Crippen molar-refractivity contribution in [2.45, 2.75) is 38.4 Å². The zero-order chi connectivity index (χ0) is 14.0. The van der Waals surface area contributed by atoms with Crippen molar-refractivity contribution in [3.05, 3.63) is 35.4 Å². The summed E-state index contributed by atoms with van der Waals surface area (Å²) >= 11 is 0. The summed E-state index contributed by atoms with van der Waals surface area (Å²) in [6, 6.07) is 5.86. The maximum atomic E-state index is 12.5. The maximum Gasteiger partial charge on any atom is 0.416 e. The lowest BCUT2D eigenvalue weighted by atomic mass is 9.91. The minimum atomic E-state index is -4.25. The molecule has 0 heterocycles. The highest BCUT2D eigenvalue weighted by Gasteiger charge is 2.33. The molecule has 2 rings (SSSR count). The third kappa shape index (κ3) is 3.72. The molecular formula is C15H20F3N. The fourth-order valence-electron chi connectivity index (χ4n) is 2.59. The highest BCUT2D eigenvalue weighted by molar-refractivity contribution is 5.25. The van der Waals surface area contributed by atoms with E-state index in [9.17, 15) is 13.2 Å². The third-order valence-corrected chi connectivity index (χ3v) is 4.11. The van der Waals surface area contributed by atoms with Crippen molar-refractivity contribution < 1.29 is 13.2 Å². The molecule has 1 aromatic carbocycles. The van der Waals surface area contributed by atoms with E-state index in [0.29, 0.717) is 12.0 Å². The van der Waals surface area contributed by atoms with Crippen molar-refractivity contribution in [1.29, 1.82) is 0 Å². The molecular weight excluding hydrogens is 251 g/mol. The van der Waals surface area contributed by atoms with E-state index in [1.54, 1.807) is 12.1 Å². The predicted molar refractivity (Wildman–Crippen MR) is 69.9 cm³/mol. The molecule has 1 nitrogen and oxygen atoms in total. The summed E-state index contributed by atoms with van der Waals surface area (Å²) in [5.41, 5.74) is 0.382. The molecule has 4 heteroatoms. The van der Waals surface area contributed by atoms with Crippen LogP contribution in [0.25, 0.3) is 0 Å². The SMILES string of the molecule is CNC(Cc1ccc(C(F)(F)F)cc1)C(C)C1CC1. The van der Waals surface area contributed by atoms with Crippen LogP contribution in [0, 0.1) is 11.8 Å². The van der Waals surface area contributed by atoms with Crippen LogP contribution in [0.4, 0.5) is 13.2 Å². The van der Waals surface area contributed by atoms with Gasteiger partial charge in [0, 0.05) is 6.04 Å². The van der Waals surface area contributed by atoms with Crippen molar-refractivity contribution in [2.24, 2.45) is 11.8 Å². The minimum Gasteiger partial charge on any atom is -0.316 e. The topological polar surface area (TPSA) is 12.0 Å². The van der Waals surface area contributed by atoms with E-state index in [0.717, 1.165) is 17.9 Å². The van der Waals surface area contributed by atoms with Crippen LogP contribution >= 0.6 is 0 Å². The van der Waals surface area contributed by atoms with Gasteiger partial charge >= 0.3 is 6.18 Å². The van der Waals surface area contributed by atoms with Gasteiger partial charge in [-0.15, -0.1) is 0 Å². The van der Waals surface area contributed by atoms with Gasteiger partial charge < -0.3 is 5.32 Å². The van der Waals surface area contributed by atoms with E-state index in [-0.39, 0.29) is 0 Å². The zero-order valence-electron chi connectivity index (χ0n) is 11.3. The number of hydrogen-bond acceptors (Lipinski definition) is 1. The predicted octanol–water partition coefficient (Wildman–Crippen LogP) is 3.88. The first-order valence-electron chi connectivity index (χ1n) is 6.75. The second-order valence-electron chi connectivity index (χ2n) is 5.49. The fraction of sp³-hybridized carbons (Fsp3) is 0.600. The third-order valence-electron chi connectivity index (χ3n) is 4.11. The van der Waals surface area contributed by atoms with E-state index < -0.39 is 11.7 Å². The van der Waals surface area contributed by atoms with Gasteiger partial charge in [0.2, 0.25) is 0 Å². The van der Waals surface area contributed by atoms with E-state index in [2.05, 4.69) is 12.2 Å². The number of likely N-dealkylation sites (N-methyl/N-ethyl adjacent to an activating group) is 1. The van der Waals surface area contributed by atoms with Gasteiger partial charge in [-0.25, -0.2) is 0 Å². The summed E-state index contributed by atoms with van der Waals surface area (Å²) in [6.45, 7) is 2.23. The minimum absolute atomic E-state index is 0.337. The molecule has 2 unspecified atom stereocenters. The van der Waals surface area contributed by atoms with Gasteiger partial charge in [-0.3, -0.25) is 0 Å². The molecule has 1 aliphatic carbocycles. The summed E-state index contributed by atoms with van der Waals surface area (Å²) in [7, 11) is 1.92. The molecule has 2 atom stereocenters. The van der Waals surface area contributed by atoms with Crippen LogP contribution in [0.2, 0.25) is 0 Å². The van der Waals surface area contributed by atoms with Crippen LogP contribution in [-0.2, 0) is 12.6 Å². The van der Waals surface area contributed by atoms with Crippen LogP contribution in [0.1, 0.15) is 30.9 Å². The Bertz CT molecular complexity index is 406. The van der Waals surface area contributed by atoms with E-state index >= 15 is 0 Å². The van der Waals surface area contributed by atoms with Gasteiger partial charge in [0.25, 0.3) is 0 Å². The first kappa shape index (κ1) is 14.4. The Balaban J connectivity index is 2.01. The summed E-state index contributed by atoms with van der Waals surface area (Å²) < 4.78 is 37.4. The Morgan fingerprint density at radius 1 is 1.21 bits per heavy atom. The second-order valence-corrected chi connectivity index (χ2v) is 5.49. The smallest absolute Gasteiger partial charge is 0.316 e. The van der Waals surface area contributed by atoms with E-state index in [4.69, 9.17) is 0 Å². The largest absolute Gasteiger partial charge is 0.416 e. The first-order chi connectivity index (χ1) is 8.91. The summed E-state index contributed by atoms with van der Waals surface area (Å²) in [5.74, 6) is 1.36. The molecule has 0 aliphatic heterocycles. The quantitative estimate of drug-likeness (QED) is 0.857. The Labute approximate surface area is 112 Å². The Hall–Kier alpha value is -1.03. The fourth-order valence-corrected chi connectivity index (χ4v) is 2.59. The molecule has 19 heavy (non-hydrogen) atoms. The molecule has 1 aromatic rings. The van der Waals surface area contributed by atoms with Crippen LogP contribution in [0.15, 0.2) is 24.3 Å². The molecule has 1 N–H and O–H groups in total. The molecule has 0 bridgehead atoms. The lowest BCUT2D eigenvalue weighted by Crippen LogP contribution is -2.35. The van der Waals surface area contributed by atoms with Gasteiger partial charge in [-0.05, 0) is 55.8 Å². The lowest BCUT2D eigenvalue weighted by molar-refractivity contribution is -0.137. The molecule has 0 spiro atoms. The van der Waals surface area contributed by atoms with Crippen LogP contribution in [-0.4, -0.2) is 13.1 Å². The highest BCUT2D eigenvalue weighted by atomic mass is 19.4. The standard InChI is InChI=1S/C15H20F3N/c1-10(12-5-6-12)14(19-2)9-11-3-7-13(8-4-11)15(16,17)18/h3-4,7-8,10,12,14,19H,5-6,9H2,1-2H3. The average molecular weight is 271 g/mol. The van der Waals surface area contributed by atoms with Gasteiger partial charge in [-0.1, -0.05) is 19.1 Å². The highest BCUT2D eigenvalue weighted by Crippen LogP contribution is 2.38. The molecule has 0 aromatic heterocycles.